The standard InChI is InChI=1S/C12H8Cl2N4O/c1-18-11-8(5-17-18)12(16-6-15-11)19-10-4-7(13)2-3-9(10)14/h2-6H,1H3. The third-order valence-corrected chi connectivity index (χ3v) is 3.14. The van der Waals surface area contributed by atoms with Crippen molar-refractivity contribution < 1.29 is 4.74 Å². The molecule has 7 heteroatoms. The normalized spacial score (nSPS) is 10.9. The minimum absolute atomic E-state index is 0.391. The fourth-order valence-corrected chi connectivity index (χ4v) is 2.00. The van der Waals surface area contributed by atoms with Gasteiger partial charge in [-0.1, -0.05) is 23.2 Å². The third-order valence-electron chi connectivity index (χ3n) is 2.59. The van der Waals surface area contributed by atoms with Gasteiger partial charge in [0.1, 0.15) is 17.5 Å². The highest BCUT2D eigenvalue weighted by atomic mass is 35.5. The van der Waals surface area contributed by atoms with E-state index in [1.165, 1.54) is 6.33 Å². The molecule has 3 rings (SSSR count). The van der Waals surface area contributed by atoms with Crippen LogP contribution in [0.1, 0.15) is 0 Å². The van der Waals surface area contributed by atoms with Crippen LogP contribution < -0.4 is 4.74 Å². The van der Waals surface area contributed by atoms with Gasteiger partial charge in [0.15, 0.2) is 5.65 Å². The molecule has 0 amide bonds. The first-order valence-corrected chi connectivity index (χ1v) is 6.16. The number of hydrogen-bond donors (Lipinski definition) is 0. The van der Waals surface area contributed by atoms with Crippen LogP contribution in [0.25, 0.3) is 11.0 Å². The highest BCUT2D eigenvalue weighted by molar-refractivity contribution is 6.34. The number of ether oxygens (including phenoxy) is 1. The van der Waals surface area contributed by atoms with Crippen molar-refractivity contribution >= 4 is 34.2 Å². The Bertz CT molecular complexity index is 757. The molecule has 0 N–H and O–H groups in total. The van der Waals surface area contributed by atoms with E-state index in [0.29, 0.717) is 32.7 Å². The van der Waals surface area contributed by atoms with E-state index in [1.54, 1.807) is 36.1 Å². The summed E-state index contributed by atoms with van der Waals surface area (Å²) in [5.74, 6) is 0.834. The van der Waals surface area contributed by atoms with Gasteiger partial charge in [0, 0.05) is 18.1 Å². The molecule has 0 fully saturated rings. The molecule has 0 aliphatic heterocycles. The number of aromatic nitrogens is 4. The molecule has 0 atom stereocenters. The summed E-state index contributed by atoms with van der Waals surface area (Å²) < 4.78 is 7.34. The van der Waals surface area contributed by atoms with Crippen molar-refractivity contribution in [2.24, 2.45) is 7.05 Å². The lowest BCUT2D eigenvalue weighted by Gasteiger charge is -2.07. The minimum Gasteiger partial charge on any atom is -0.436 e. The number of halogens is 2. The fourth-order valence-electron chi connectivity index (χ4n) is 1.68. The SMILES string of the molecule is Cn1ncc2c(Oc3cc(Cl)ccc3Cl)ncnc21. The van der Waals surface area contributed by atoms with E-state index >= 15 is 0 Å². The van der Waals surface area contributed by atoms with Gasteiger partial charge in [-0.15, -0.1) is 0 Å². The molecular weight excluding hydrogens is 287 g/mol. The van der Waals surface area contributed by atoms with E-state index in [1.807, 2.05) is 0 Å². The van der Waals surface area contributed by atoms with Crippen LogP contribution in [0.5, 0.6) is 11.6 Å². The summed E-state index contributed by atoms with van der Waals surface area (Å²) in [6.07, 6.45) is 3.06. The van der Waals surface area contributed by atoms with Crippen LogP contribution in [0.4, 0.5) is 0 Å². The van der Waals surface area contributed by atoms with Crippen LogP contribution >= 0.6 is 23.2 Å². The molecule has 0 radical (unpaired) electrons. The largest absolute Gasteiger partial charge is 0.436 e. The predicted octanol–water partition coefficient (Wildman–Crippen LogP) is 3.46. The fraction of sp³-hybridized carbons (Fsp3) is 0.0833. The van der Waals surface area contributed by atoms with E-state index in [2.05, 4.69) is 15.1 Å². The van der Waals surface area contributed by atoms with Crippen LogP contribution in [0.15, 0.2) is 30.7 Å². The zero-order valence-electron chi connectivity index (χ0n) is 9.84. The molecule has 1 aromatic carbocycles. The zero-order chi connectivity index (χ0) is 13.4. The van der Waals surface area contributed by atoms with Gasteiger partial charge < -0.3 is 4.74 Å². The quantitative estimate of drug-likeness (QED) is 0.726. The maximum Gasteiger partial charge on any atom is 0.233 e. The van der Waals surface area contributed by atoms with Gasteiger partial charge in [-0.3, -0.25) is 4.68 Å². The molecule has 0 aliphatic carbocycles. The van der Waals surface area contributed by atoms with Gasteiger partial charge in [-0.2, -0.15) is 5.10 Å². The van der Waals surface area contributed by atoms with E-state index in [4.69, 9.17) is 27.9 Å². The Morgan fingerprint density at radius 1 is 1.21 bits per heavy atom. The van der Waals surface area contributed by atoms with Crippen molar-refractivity contribution in [3.63, 3.8) is 0 Å². The molecule has 2 aromatic heterocycles. The summed E-state index contributed by atoms with van der Waals surface area (Å²) >= 11 is 12.0. The Morgan fingerprint density at radius 3 is 2.89 bits per heavy atom. The maximum absolute atomic E-state index is 6.05. The second kappa shape index (κ2) is 4.68. The molecule has 0 saturated heterocycles. The van der Waals surface area contributed by atoms with Crippen molar-refractivity contribution in [3.8, 4) is 11.6 Å². The number of hydrogen-bond acceptors (Lipinski definition) is 4. The molecule has 5 nitrogen and oxygen atoms in total. The molecule has 0 spiro atoms. The van der Waals surface area contributed by atoms with Gasteiger partial charge in [0.25, 0.3) is 0 Å². The van der Waals surface area contributed by atoms with Crippen LogP contribution in [0, 0.1) is 0 Å². The zero-order valence-corrected chi connectivity index (χ0v) is 11.4. The first kappa shape index (κ1) is 12.2. The van der Waals surface area contributed by atoms with Crippen molar-refractivity contribution in [3.05, 3.63) is 40.8 Å². The minimum atomic E-state index is 0.391. The highest BCUT2D eigenvalue weighted by Crippen LogP contribution is 2.33. The summed E-state index contributed by atoms with van der Waals surface area (Å²) in [5, 5.41) is 5.82. The van der Waals surface area contributed by atoms with Crippen LogP contribution in [-0.4, -0.2) is 19.7 Å². The van der Waals surface area contributed by atoms with Crippen LogP contribution in [0.2, 0.25) is 10.0 Å². The summed E-state index contributed by atoms with van der Waals surface area (Å²) in [4.78, 5) is 8.23. The van der Waals surface area contributed by atoms with Crippen LogP contribution in [0.3, 0.4) is 0 Å². The monoisotopic (exact) mass is 294 g/mol. The Hall–Kier alpha value is -1.85. The van der Waals surface area contributed by atoms with E-state index in [-0.39, 0.29) is 0 Å². The average molecular weight is 295 g/mol. The van der Waals surface area contributed by atoms with Crippen molar-refractivity contribution in [2.45, 2.75) is 0 Å². The van der Waals surface area contributed by atoms with Crippen molar-refractivity contribution in [2.75, 3.05) is 0 Å². The predicted molar refractivity (Wildman–Crippen MR) is 72.8 cm³/mol. The topological polar surface area (TPSA) is 52.8 Å². The van der Waals surface area contributed by atoms with Gasteiger partial charge in [0.2, 0.25) is 5.88 Å². The average Bonchev–Trinajstić information content (AvgIpc) is 2.77. The molecule has 0 aliphatic rings. The van der Waals surface area contributed by atoms with E-state index in [9.17, 15) is 0 Å². The number of nitrogens with zero attached hydrogens (tertiary/aromatic N) is 4. The smallest absolute Gasteiger partial charge is 0.233 e. The third kappa shape index (κ3) is 2.22. The summed E-state index contributed by atoms with van der Waals surface area (Å²) in [6, 6.07) is 4.99. The summed E-state index contributed by atoms with van der Waals surface area (Å²) in [5.41, 5.74) is 0.683. The Labute approximate surface area is 118 Å². The first-order valence-electron chi connectivity index (χ1n) is 5.41. The molecule has 0 saturated carbocycles. The molecule has 0 unspecified atom stereocenters. The van der Waals surface area contributed by atoms with E-state index in [0.717, 1.165) is 0 Å². The van der Waals surface area contributed by atoms with Gasteiger partial charge in [-0.05, 0) is 12.1 Å². The first-order chi connectivity index (χ1) is 9.15. The van der Waals surface area contributed by atoms with E-state index < -0.39 is 0 Å². The Balaban J connectivity index is 2.08. The number of rotatable bonds is 2. The Morgan fingerprint density at radius 2 is 2.05 bits per heavy atom. The van der Waals surface area contributed by atoms with Crippen molar-refractivity contribution in [1.29, 1.82) is 0 Å². The lowest BCUT2D eigenvalue weighted by atomic mass is 10.3. The molecule has 19 heavy (non-hydrogen) atoms. The summed E-state index contributed by atoms with van der Waals surface area (Å²) in [6.45, 7) is 0. The lowest BCUT2D eigenvalue weighted by Crippen LogP contribution is -1.94. The van der Waals surface area contributed by atoms with Crippen LogP contribution in [-0.2, 0) is 7.05 Å². The molecule has 2 heterocycles. The molecule has 0 bridgehead atoms. The molecular formula is C12H8Cl2N4O. The van der Waals surface area contributed by atoms with Gasteiger partial charge in [0.05, 0.1) is 11.2 Å². The molecule has 3 aromatic rings. The second-order valence-corrected chi connectivity index (χ2v) is 4.70. The summed E-state index contributed by atoms with van der Waals surface area (Å²) in [7, 11) is 1.80. The number of fused-ring (bicyclic) bond motifs is 1. The lowest BCUT2D eigenvalue weighted by molar-refractivity contribution is 0.468. The van der Waals surface area contributed by atoms with Gasteiger partial charge >= 0.3 is 0 Å². The second-order valence-electron chi connectivity index (χ2n) is 3.86. The maximum atomic E-state index is 6.05. The number of aryl methyl sites for hydroxylation is 1. The highest BCUT2D eigenvalue weighted by Gasteiger charge is 2.11. The van der Waals surface area contributed by atoms with Gasteiger partial charge in [-0.25, -0.2) is 9.97 Å². The molecule has 96 valence electrons. The Kier molecular flexibility index (Phi) is 3.00. The van der Waals surface area contributed by atoms with Crippen molar-refractivity contribution in [1.82, 2.24) is 19.7 Å². The number of benzene rings is 1.